The number of hydrogen-bond donors (Lipinski definition) is 1. The first-order valence-corrected chi connectivity index (χ1v) is 8.98. The highest BCUT2D eigenvalue weighted by Crippen LogP contribution is 2.25. The summed E-state index contributed by atoms with van der Waals surface area (Å²) < 4.78 is 5.89. The maximum Gasteiger partial charge on any atom is 0.315 e. The van der Waals surface area contributed by atoms with Gasteiger partial charge in [-0.15, -0.1) is 0 Å². The number of primary amides is 1. The second-order valence-electron chi connectivity index (χ2n) is 6.84. The third-order valence-corrected chi connectivity index (χ3v) is 5.10. The molecule has 26 heavy (non-hydrogen) atoms. The minimum atomic E-state index is -0.523. The van der Waals surface area contributed by atoms with Crippen LogP contribution in [0.15, 0.2) is 34.7 Å². The molecule has 1 aromatic heterocycles. The van der Waals surface area contributed by atoms with E-state index in [9.17, 15) is 9.59 Å². The molecular formula is C19H22N4O3. The van der Waals surface area contributed by atoms with Crippen molar-refractivity contribution in [3.8, 4) is 0 Å². The number of hydrogen-bond acceptors (Lipinski definition) is 4. The smallest absolute Gasteiger partial charge is 0.315 e. The zero-order chi connectivity index (χ0) is 18.1. The largest absolute Gasteiger partial charge is 0.445 e. The molecule has 136 valence electrons. The summed E-state index contributed by atoms with van der Waals surface area (Å²) in [6.07, 6.45) is 2.76. The van der Waals surface area contributed by atoms with E-state index in [-0.39, 0.29) is 5.91 Å². The number of fused-ring (bicyclic) bond motifs is 1. The number of carbonyl (C=O) groups is 2. The molecule has 0 aliphatic carbocycles. The molecule has 7 heteroatoms. The molecular weight excluding hydrogens is 332 g/mol. The van der Waals surface area contributed by atoms with E-state index in [2.05, 4.69) is 4.98 Å². The van der Waals surface area contributed by atoms with E-state index in [4.69, 9.17) is 10.2 Å². The molecule has 2 aliphatic rings. The van der Waals surface area contributed by atoms with E-state index in [1.165, 1.54) is 4.90 Å². The normalized spacial score (nSPS) is 19.5. The lowest BCUT2D eigenvalue weighted by atomic mass is 10.1. The lowest BCUT2D eigenvalue weighted by molar-refractivity contribution is -0.136. The summed E-state index contributed by atoms with van der Waals surface area (Å²) in [4.78, 5) is 32.2. The van der Waals surface area contributed by atoms with Gasteiger partial charge in [-0.2, -0.15) is 0 Å². The van der Waals surface area contributed by atoms with Gasteiger partial charge >= 0.3 is 6.03 Å². The number of aromatic nitrogens is 1. The quantitative estimate of drug-likeness (QED) is 0.908. The van der Waals surface area contributed by atoms with Gasteiger partial charge in [0.2, 0.25) is 5.91 Å². The van der Waals surface area contributed by atoms with Crippen LogP contribution in [0, 0.1) is 0 Å². The number of benzene rings is 1. The number of nitrogens with two attached hydrogens (primary N) is 1. The standard InChI is InChI=1S/C19H22N4O3/c20-19(25)23-9-4-7-15(23)18(24)22-10-8-16-14(12-22)21-17(26-16)11-13-5-2-1-3-6-13/h1-3,5-6,15H,4,7-12H2,(H2,20,25)/t15-/m0/s1. The maximum atomic E-state index is 12.8. The fourth-order valence-electron chi connectivity index (χ4n) is 3.78. The SMILES string of the molecule is NC(=O)N1CCC[C@H]1C(=O)N1CCc2oc(Cc3ccccc3)nc2C1. The summed E-state index contributed by atoms with van der Waals surface area (Å²) in [7, 11) is 0. The number of amides is 3. The van der Waals surface area contributed by atoms with Gasteiger partial charge in [0, 0.05) is 25.9 Å². The molecule has 3 heterocycles. The minimum absolute atomic E-state index is 0.0421. The van der Waals surface area contributed by atoms with Crippen molar-refractivity contribution in [2.75, 3.05) is 13.1 Å². The molecule has 1 atom stereocenters. The number of urea groups is 1. The Bertz CT molecular complexity index is 817. The summed E-state index contributed by atoms with van der Waals surface area (Å²) in [6, 6.07) is 9.07. The fraction of sp³-hybridized carbons (Fsp3) is 0.421. The Labute approximate surface area is 151 Å². The van der Waals surface area contributed by atoms with Crippen LogP contribution in [0.5, 0.6) is 0 Å². The third-order valence-electron chi connectivity index (χ3n) is 5.10. The van der Waals surface area contributed by atoms with Gasteiger partial charge in [-0.1, -0.05) is 30.3 Å². The summed E-state index contributed by atoms with van der Waals surface area (Å²) >= 11 is 0. The Morgan fingerprint density at radius 2 is 2.04 bits per heavy atom. The van der Waals surface area contributed by atoms with Crippen LogP contribution in [0.3, 0.4) is 0 Å². The molecule has 1 saturated heterocycles. The van der Waals surface area contributed by atoms with Crippen molar-refractivity contribution in [2.24, 2.45) is 5.73 Å². The second-order valence-corrected chi connectivity index (χ2v) is 6.84. The lowest BCUT2D eigenvalue weighted by Gasteiger charge is -2.31. The summed E-state index contributed by atoms with van der Waals surface area (Å²) in [5, 5.41) is 0. The number of likely N-dealkylation sites (tertiary alicyclic amines) is 1. The van der Waals surface area contributed by atoms with Crippen LogP contribution in [0.1, 0.15) is 35.7 Å². The molecule has 0 saturated carbocycles. The van der Waals surface area contributed by atoms with Gasteiger partial charge in [0.25, 0.3) is 0 Å². The van der Waals surface area contributed by atoms with Crippen molar-refractivity contribution in [1.82, 2.24) is 14.8 Å². The monoisotopic (exact) mass is 354 g/mol. The highest BCUT2D eigenvalue weighted by Gasteiger charge is 2.37. The molecule has 7 nitrogen and oxygen atoms in total. The first-order chi connectivity index (χ1) is 12.6. The topological polar surface area (TPSA) is 92.7 Å². The highest BCUT2D eigenvalue weighted by molar-refractivity contribution is 5.87. The molecule has 1 fully saturated rings. The van der Waals surface area contributed by atoms with E-state index in [1.807, 2.05) is 30.3 Å². The molecule has 0 spiro atoms. The van der Waals surface area contributed by atoms with Crippen LogP contribution in [0.2, 0.25) is 0 Å². The molecule has 0 bridgehead atoms. The molecule has 3 amide bonds. The minimum Gasteiger partial charge on any atom is -0.445 e. The van der Waals surface area contributed by atoms with Crippen LogP contribution < -0.4 is 5.73 Å². The highest BCUT2D eigenvalue weighted by atomic mass is 16.4. The average Bonchev–Trinajstić information content (AvgIpc) is 3.28. The van der Waals surface area contributed by atoms with Gasteiger partial charge in [0.15, 0.2) is 5.89 Å². The Hall–Kier alpha value is -2.83. The van der Waals surface area contributed by atoms with Crippen LogP contribution >= 0.6 is 0 Å². The molecule has 2 aromatic rings. The van der Waals surface area contributed by atoms with Gasteiger partial charge in [-0.25, -0.2) is 9.78 Å². The number of carbonyl (C=O) groups excluding carboxylic acids is 2. The van der Waals surface area contributed by atoms with E-state index in [0.29, 0.717) is 44.8 Å². The first-order valence-electron chi connectivity index (χ1n) is 8.98. The fourth-order valence-corrected chi connectivity index (χ4v) is 3.78. The number of nitrogens with zero attached hydrogens (tertiary/aromatic N) is 3. The molecule has 2 aliphatic heterocycles. The van der Waals surface area contributed by atoms with Crippen LogP contribution in [-0.4, -0.2) is 45.9 Å². The first kappa shape index (κ1) is 16.6. The maximum absolute atomic E-state index is 12.8. The van der Waals surface area contributed by atoms with Crippen molar-refractivity contribution in [3.05, 3.63) is 53.2 Å². The predicted octanol–water partition coefficient (Wildman–Crippen LogP) is 1.69. The van der Waals surface area contributed by atoms with Crippen molar-refractivity contribution in [3.63, 3.8) is 0 Å². The Kier molecular flexibility index (Phi) is 4.36. The van der Waals surface area contributed by atoms with Crippen LogP contribution in [0.4, 0.5) is 4.79 Å². The van der Waals surface area contributed by atoms with Gasteiger partial charge in [-0.05, 0) is 18.4 Å². The summed E-state index contributed by atoms with van der Waals surface area (Å²) in [6.45, 7) is 1.56. The van der Waals surface area contributed by atoms with Gasteiger partial charge in [0.1, 0.15) is 17.5 Å². The van der Waals surface area contributed by atoms with E-state index >= 15 is 0 Å². The summed E-state index contributed by atoms with van der Waals surface area (Å²) in [5.74, 6) is 1.49. The Morgan fingerprint density at radius 3 is 2.81 bits per heavy atom. The molecule has 4 rings (SSSR count). The number of rotatable bonds is 3. The second kappa shape index (κ2) is 6.82. The van der Waals surface area contributed by atoms with Gasteiger partial charge in [0.05, 0.1) is 6.54 Å². The predicted molar refractivity (Wildman–Crippen MR) is 94.2 cm³/mol. The van der Waals surface area contributed by atoms with Gasteiger partial charge < -0.3 is 20.0 Å². The van der Waals surface area contributed by atoms with E-state index in [1.54, 1.807) is 4.90 Å². The zero-order valence-corrected chi connectivity index (χ0v) is 14.6. The molecule has 0 radical (unpaired) electrons. The van der Waals surface area contributed by atoms with Crippen molar-refractivity contribution < 1.29 is 14.0 Å². The summed E-state index contributed by atoms with van der Waals surface area (Å²) in [5.41, 5.74) is 7.36. The Morgan fingerprint density at radius 1 is 1.23 bits per heavy atom. The Balaban J connectivity index is 1.46. The number of oxazole rings is 1. The van der Waals surface area contributed by atoms with Crippen molar-refractivity contribution in [2.45, 2.75) is 38.3 Å². The van der Waals surface area contributed by atoms with E-state index < -0.39 is 12.1 Å². The molecule has 0 unspecified atom stereocenters. The zero-order valence-electron chi connectivity index (χ0n) is 14.6. The van der Waals surface area contributed by atoms with Crippen LogP contribution in [0.25, 0.3) is 0 Å². The van der Waals surface area contributed by atoms with Crippen LogP contribution in [-0.2, 0) is 24.2 Å². The lowest BCUT2D eigenvalue weighted by Crippen LogP contribution is -2.50. The van der Waals surface area contributed by atoms with Crippen molar-refractivity contribution in [1.29, 1.82) is 0 Å². The third kappa shape index (κ3) is 3.16. The molecule has 2 N–H and O–H groups in total. The molecule has 1 aromatic carbocycles. The van der Waals surface area contributed by atoms with E-state index in [0.717, 1.165) is 23.4 Å². The van der Waals surface area contributed by atoms with Crippen molar-refractivity contribution >= 4 is 11.9 Å². The average molecular weight is 354 g/mol. The van der Waals surface area contributed by atoms with Gasteiger partial charge in [-0.3, -0.25) is 4.79 Å².